The summed E-state index contributed by atoms with van der Waals surface area (Å²) in [6, 6.07) is 65.9. The second-order valence-corrected chi connectivity index (χ2v) is 17.0. The predicted molar refractivity (Wildman–Crippen MR) is 281 cm³/mol. The zero-order valence-electron chi connectivity index (χ0n) is 35.3. The smallest absolute Gasteiger partial charge is 0.234 e. The SMILES string of the molecule is C.Nc1c(N)c2ccccc2c2ccccc12.O=C1C(=O)c2c3ccccc3cc3cccc1c23.c1ccc2c3c4c(cccc4cc2c1)-c1nc2c4ccccc4c4ccccc4c2nc1-3. The molecule has 0 atom stereocenters. The van der Waals surface area contributed by atoms with Crippen molar-refractivity contribution in [3.8, 4) is 22.5 Å². The molecule has 0 radical (unpaired) electrons. The maximum atomic E-state index is 12.1. The van der Waals surface area contributed by atoms with Gasteiger partial charge in [0.1, 0.15) is 0 Å². The Balaban J connectivity index is 0.000000114. The highest BCUT2D eigenvalue weighted by Gasteiger charge is 2.32. The van der Waals surface area contributed by atoms with Crippen molar-refractivity contribution in [2.24, 2.45) is 0 Å². The van der Waals surface area contributed by atoms with Crippen LogP contribution in [-0.4, -0.2) is 21.5 Å². The lowest BCUT2D eigenvalue weighted by Crippen LogP contribution is -2.06. The summed E-state index contributed by atoms with van der Waals surface area (Å²) in [5.41, 5.74) is 20.9. The van der Waals surface area contributed by atoms with E-state index in [-0.39, 0.29) is 19.0 Å². The lowest BCUT2D eigenvalue weighted by molar-refractivity contribution is 0.0826. The summed E-state index contributed by atoms with van der Waals surface area (Å²) in [4.78, 5) is 34.8. The fourth-order valence-electron chi connectivity index (χ4n) is 10.6. The maximum Gasteiger partial charge on any atom is 0.234 e. The molecule has 0 unspecified atom stereocenters. The number of Topliss-reactive ketones (excluding diaryl/α,β-unsaturated/α-hetero) is 2. The van der Waals surface area contributed by atoms with Gasteiger partial charge in [0.15, 0.2) is 0 Å². The number of fused-ring (bicyclic) bond motifs is 16. The molecular weight excluding hydrogens is 821 g/mol. The van der Waals surface area contributed by atoms with E-state index in [1.165, 1.54) is 43.4 Å². The summed E-state index contributed by atoms with van der Waals surface area (Å²) >= 11 is 0. The van der Waals surface area contributed by atoms with Crippen LogP contribution >= 0.6 is 0 Å². The van der Waals surface area contributed by atoms with Gasteiger partial charge in [-0.05, 0) is 66.0 Å². The third-order valence-corrected chi connectivity index (χ3v) is 13.5. The second kappa shape index (κ2) is 15.0. The van der Waals surface area contributed by atoms with Crippen LogP contribution in [0.25, 0.3) is 120 Å². The zero-order chi connectivity index (χ0) is 44.2. The first-order valence-electron chi connectivity index (χ1n) is 22.0. The third kappa shape index (κ3) is 5.76. The van der Waals surface area contributed by atoms with E-state index in [0.717, 1.165) is 76.3 Å². The Morgan fingerprint density at radius 2 is 0.672 bits per heavy atom. The number of aromatic nitrogens is 2. The van der Waals surface area contributed by atoms with E-state index in [1.54, 1.807) is 6.07 Å². The van der Waals surface area contributed by atoms with Crippen molar-refractivity contribution < 1.29 is 9.59 Å². The average molecular weight is 861 g/mol. The van der Waals surface area contributed by atoms with Crippen LogP contribution in [0, 0.1) is 0 Å². The van der Waals surface area contributed by atoms with E-state index in [4.69, 9.17) is 21.4 Å². The highest BCUT2D eigenvalue weighted by molar-refractivity contribution is 6.59. The number of nitrogen functional groups attached to an aromatic ring is 2. The molecule has 12 aromatic carbocycles. The molecule has 13 aromatic rings. The number of hydrogen-bond donors (Lipinski definition) is 2. The molecule has 4 N–H and O–H groups in total. The molecular formula is C61H40N4O2. The molecule has 0 bridgehead atoms. The summed E-state index contributed by atoms with van der Waals surface area (Å²) in [7, 11) is 0. The average Bonchev–Trinajstić information content (AvgIpc) is 3.84. The molecule has 6 heteroatoms. The Kier molecular flexibility index (Phi) is 8.89. The monoisotopic (exact) mass is 860 g/mol. The molecule has 2 aliphatic carbocycles. The third-order valence-electron chi connectivity index (χ3n) is 13.5. The van der Waals surface area contributed by atoms with Crippen molar-refractivity contribution in [2.75, 3.05) is 11.5 Å². The molecule has 0 saturated carbocycles. The van der Waals surface area contributed by atoms with E-state index >= 15 is 0 Å². The van der Waals surface area contributed by atoms with Crippen LogP contribution in [-0.2, 0) is 0 Å². The van der Waals surface area contributed by atoms with E-state index in [9.17, 15) is 9.59 Å². The summed E-state index contributed by atoms with van der Waals surface area (Å²) in [6.07, 6.45) is 0. The van der Waals surface area contributed by atoms with Crippen LogP contribution in [0.5, 0.6) is 0 Å². The molecule has 0 aliphatic heterocycles. The molecule has 2 aliphatic rings. The van der Waals surface area contributed by atoms with Crippen molar-refractivity contribution in [2.45, 2.75) is 7.43 Å². The summed E-state index contributed by atoms with van der Waals surface area (Å²) in [5.74, 6) is -0.759. The number of benzene rings is 12. The van der Waals surface area contributed by atoms with Gasteiger partial charge in [-0.25, -0.2) is 9.97 Å². The van der Waals surface area contributed by atoms with Crippen molar-refractivity contribution in [3.63, 3.8) is 0 Å². The number of carbonyl (C=O) groups is 2. The van der Waals surface area contributed by atoms with Crippen LogP contribution in [0.3, 0.4) is 0 Å². The van der Waals surface area contributed by atoms with Gasteiger partial charge in [-0.2, -0.15) is 0 Å². The van der Waals surface area contributed by atoms with Crippen molar-refractivity contribution in [1.29, 1.82) is 0 Å². The highest BCUT2D eigenvalue weighted by atomic mass is 16.2. The molecule has 15 rings (SSSR count). The molecule has 67 heavy (non-hydrogen) atoms. The number of ketones is 2. The normalized spacial score (nSPS) is 12.2. The van der Waals surface area contributed by atoms with Crippen molar-refractivity contribution in [1.82, 2.24) is 9.97 Å². The van der Waals surface area contributed by atoms with Crippen LogP contribution in [0.1, 0.15) is 28.1 Å². The molecule has 6 nitrogen and oxygen atoms in total. The van der Waals surface area contributed by atoms with E-state index in [1.807, 2.05) is 78.9 Å². The zero-order valence-corrected chi connectivity index (χ0v) is 35.3. The summed E-state index contributed by atoms with van der Waals surface area (Å²) in [6.45, 7) is 0. The first kappa shape index (κ1) is 39.6. The molecule has 1 aromatic heterocycles. The Morgan fingerprint density at radius 1 is 0.313 bits per heavy atom. The highest BCUT2D eigenvalue weighted by Crippen LogP contribution is 2.50. The van der Waals surface area contributed by atoms with E-state index in [0.29, 0.717) is 22.5 Å². The summed E-state index contributed by atoms with van der Waals surface area (Å²) in [5, 5.41) is 17.8. The van der Waals surface area contributed by atoms with Gasteiger partial charge in [0.2, 0.25) is 11.6 Å². The van der Waals surface area contributed by atoms with Gasteiger partial charge in [-0.1, -0.05) is 189 Å². The number of rotatable bonds is 0. The predicted octanol–water partition coefficient (Wildman–Crippen LogP) is 15.1. The van der Waals surface area contributed by atoms with Crippen LogP contribution in [0.15, 0.2) is 194 Å². The maximum absolute atomic E-state index is 12.1. The van der Waals surface area contributed by atoms with Crippen LogP contribution in [0.4, 0.5) is 11.4 Å². The fraction of sp³-hybridized carbons (Fsp3) is 0.0164. The molecule has 0 saturated heterocycles. The molecule has 0 fully saturated rings. The van der Waals surface area contributed by atoms with E-state index < -0.39 is 0 Å². The quantitative estimate of drug-likeness (QED) is 0.0516. The molecule has 1 heterocycles. The molecule has 0 spiro atoms. The summed E-state index contributed by atoms with van der Waals surface area (Å²) < 4.78 is 0. The molecule has 0 amide bonds. The van der Waals surface area contributed by atoms with Crippen LogP contribution < -0.4 is 11.5 Å². The van der Waals surface area contributed by atoms with Gasteiger partial charge in [0.05, 0.1) is 33.8 Å². The van der Waals surface area contributed by atoms with Crippen LogP contribution in [0.2, 0.25) is 0 Å². The first-order valence-corrected chi connectivity index (χ1v) is 22.0. The number of nitrogens with zero attached hydrogens (tertiary/aromatic N) is 2. The Bertz CT molecular complexity index is 4250. The van der Waals surface area contributed by atoms with Crippen molar-refractivity contribution in [3.05, 3.63) is 205 Å². The number of carbonyl (C=O) groups excluding carboxylic acids is 2. The number of anilines is 2. The van der Waals surface area contributed by atoms with E-state index in [2.05, 4.69) is 109 Å². The van der Waals surface area contributed by atoms with Gasteiger partial charge >= 0.3 is 0 Å². The number of nitrogens with two attached hydrogens (primary N) is 2. The van der Waals surface area contributed by atoms with Gasteiger partial charge in [0, 0.05) is 54.6 Å². The minimum Gasteiger partial charge on any atom is -0.397 e. The standard InChI is InChI=1S/C30H16N2.C16H8O2.C14H12N2.CH4/c1-2-10-19-17(8-1)16-18-9-7-15-24-25(18)26(19)30-29(24)31-27-22-13-5-3-11-20(22)21-12-4-6-14-23(21)28(27)32-30;17-15-12-7-3-5-10-8-9-4-1-2-6-11(9)14(13(10)12)16(15)18;15-13-11-7-3-1-5-9(11)10-6-2-4-8-12(10)14(13)16;/h1-16H;1-8H;1-8H,15-16H2;1H4. The van der Waals surface area contributed by atoms with Gasteiger partial charge < -0.3 is 11.5 Å². The minimum atomic E-state index is -0.382. The van der Waals surface area contributed by atoms with Crippen molar-refractivity contribution >= 4 is 120 Å². The fourth-order valence-corrected chi connectivity index (χ4v) is 10.6. The largest absolute Gasteiger partial charge is 0.397 e. The Labute approximate surface area is 384 Å². The lowest BCUT2D eigenvalue weighted by Gasteiger charge is -2.11. The number of hydrogen-bond acceptors (Lipinski definition) is 6. The van der Waals surface area contributed by atoms with Gasteiger partial charge in [-0.15, -0.1) is 0 Å². The lowest BCUT2D eigenvalue weighted by atomic mass is 9.97. The first-order chi connectivity index (χ1) is 32.4. The van der Waals surface area contributed by atoms with Gasteiger partial charge in [-0.3, -0.25) is 9.59 Å². The Hall–Kier alpha value is -9.00. The van der Waals surface area contributed by atoms with Gasteiger partial charge in [0.25, 0.3) is 0 Å². The molecule has 316 valence electrons. The minimum absolute atomic E-state index is 0. The second-order valence-electron chi connectivity index (χ2n) is 17.0. The Morgan fingerprint density at radius 3 is 1.18 bits per heavy atom. The topological polar surface area (TPSA) is 112 Å².